The molecular formula is C24H21BrN2O4. The Hall–Kier alpha value is -3.45. The van der Waals surface area contributed by atoms with E-state index in [1.54, 1.807) is 49.4 Å². The molecule has 3 aromatic rings. The first-order valence-corrected chi connectivity index (χ1v) is 10.3. The zero-order valence-electron chi connectivity index (χ0n) is 17.0. The summed E-state index contributed by atoms with van der Waals surface area (Å²) in [6.45, 7) is 3.59. The number of carbonyl (C=O) groups excluding carboxylic acids is 2. The van der Waals surface area contributed by atoms with Crippen LogP contribution in [0.5, 0.6) is 11.5 Å². The number of hydrogen-bond donors (Lipinski definition) is 1. The van der Waals surface area contributed by atoms with Gasteiger partial charge in [0.1, 0.15) is 11.5 Å². The minimum absolute atomic E-state index is 0.379. The number of nitrogens with one attached hydrogen (secondary N) is 1. The standard InChI is InChI=1S/C24H21BrN2O4/c1-16-7-11-19(12-8-16)24(29)31-20-13-9-18(10-14-20)15-26-27-23(28)17(2)30-22-6-4-3-5-21(22)25/h3-15,17H,1-2H3,(H,27,28)/b26-15-/t17-/m0/s1. The van der Waals surface area contributed by atoms with Crippen molar-refractivity contribution < 1.29 is 19.1 Å². The maximum absolute atomic E-state index is 12.2. The van der Waals surface area contributed by atoms with Crippen LogP contribution in [-0.4, -0.2) is 24.2 Å². The van der Waals surface area contributed by atoms with Crippen molar-refractivity contribution in [2.75, 3.05) is 0 Å². The number of hydrogen-bond acceptors (Lipinski definition) is 5. The summed E-state index contributed by atoms with van der Waals surface area (Å²) < 4.78 is 11.8. The average Bonchev–Trinajstić information content (AvgIpc) is 2.77. The second-order valence-electron chi connectivity index (χ2n) is 6.75. The van der Waals surface area contributed by atoms with Crippen molar-refractivity contribution in [3.05, 3.63) is 94.0 Å². The van der Waals surface area contributed by atoms with Crippen LogP contribution in [0, 0.1) is 6.92 Å². The van der Waals surface area contributed by atoms with Gasteiger partial charge in [-0.1, -0.05) is 29.8 Å². The lowest BCUT2D eigenvalue weighted by atomic mass is 10.1. The number of aryl methyl sites for hydroxylation is 1. The summed E-state index contributed by atoms with van der Waals surface area (Å²) in [6.07, 6.45) is 0.772. The Morgan fingerprint density at radius 1 is 1.00 bits per heavy atom. The zero-order valence-corrected chi connectivity index (χ0v) is 18.6. The average molecular weight is 481 g/mol. The van der Waals surface area contributed by atoms with E-state index in [0.717, 1.165) is 15.6 Å². The van der Waals surface area contributed by atoms with E-state index < -0.39 is 12.1 Å². The molecule has 0 radical (unpaired) electrons. The smallest absolute Gasteiger partial charge is 0.343 e. The van der Waals surface area contributed by atoms with Gasteiger partial charge >= 0.3 is 5.97 Å². The number of carbonyl (C=O) groups is 2. The van der Waals surface area contributed by atoms with Gasteiger partial charge in [-0.3, -0.25) is 4.79 Å². The largest absolute Gasteiger partial charge is 0.480 e. The molecule has 1 N–H and O–H groups in total. The second kappa shape index (κ2) is 10.5. The van der Waals surface area contributed by atoms with E-state index in [1.165, 1.54) is 6.21 Å². The van der Waals surface area contributed by atoms with E-state index in [-0.39, 0.29) is 5.91 Å². The highest BCUT2D eigenvalue weighted by Crippen LogP contribution is 2.24. The van der Waals surface area contributed by atoms with Gasteiger partial charge in [-0.15, -0.1) is 0 Å². The van der Waals surface area contributed by atoms with Crippen LogP contribution >= 0.6 is 15.9 Å². The summed E-state index contributed by atoms with van der Waals surface area (Å²) in [5.74, 6) is 0.190. The van der Waals surface area contributed by atoms with Gasteiger partial charge in [0.05, 0.1) is 16.3 Å². The Morgan fingerprint density at radius 3 is 2.35 bits per heavy atom. The molecule has 0 aliphatic carbocycles. The number of rotatable bonds is 7. The molecule has 0 aliphatic heterocycles. The molecule has 7 heteroatoms. The molecule has 3 aromatic carbocycles. The molecule has 0 bridgehead atoms. The molecule has 0 spiro atoms. The van der Waals surface area contributed by atoms with Crippen LogP contribution in [0.2, 0.25) is 0 Å². The fourth-order valence-corrected chi connectivity index (χ4v) is 2.90. The lowest BCUT2D eigenvalue weighted by Crippen LogP contribution is -2.33. The van der Waals surface area contributed by atoms with Gasteiger partial charge in [-0.05, 0) is 83.9 Å². The van der Waals surface area contributed by atoms with Gasteiger partial charge in [0.2, 0.25) is 0 Å². The van der Waals surface area contributed by atoms with Crippen LogP contribution < -0.4 is 14.9 Å². The lowest BCUT2D eigenvalue weighted by molar-refractivity contribution is -0.127. The molecule has 0 aromatic heterocycles. The van der Waals surface area contributed by atoms with Gasteiger partial charge in [0.25, 0.3) is 5.91 Å². The molecule has 0 unspecified atom stereocenters. The summed E-state index contributed by atoms with van der Waals surface area (Å²) >= 11 is 3.38. The van der Waals surface area contributed by atoms with Gasteiger partial charge in [-0.2, -0.15) is 5.10 Å². The summed E-state index contributed by atoms with van der Waals surface area (Å²) in [7, 11) is 0. The molecule has 158 valence electrons. The van der Waals surface area contributed by atoms with Crippen LogP contribution in [0.3, 0.4) is 0 Å². The van der Waals surface area contributed by atoms with Crippen LogP contribution in [-0.2, 0) is 4.79 Å². The Morgan fingerprint density at radius 2 is 1.68 bits per heavy atom. The van der Waals surface area contributed by atoms with Crippen LogP contribution in [0.25, 0.3) is 0 Å². The first-order valence-electron chi connectivity index (χ1n) is 9.55. The van der Waals surface area contributed by atoms with Crippen molar-refractivity contribution >= 4 is 34.0 Å². The first kappa shape index (κ1) is 22.2. The molecule has 3 rings (SSSR count). The van der Waals surface area contributed by atoms with Crippen molar-refractivity contribution in [1.82, 2.24) is 5.43 Å². The predicted molar refractivity (Wildman–Crippen MR) is 123 cm³/mol. The second-order valence-corrected chi connectivity index (χ2v) is 7.60. The van der Waals surface area contributed by atoms with Crippen molar-refractivity contribution in [2.45, 2.75) is 20.0 Å². The molecule has 1 atom stereocenters. The third-order valence-corrected chi connectivity index (χ3v) is 4.93. The molecule has 6 nitrogen and oxygen atoms in total. The monoisotopic (exact) mass is 480 g/mol. The Labute approximate surface area is 189 Å². The molecular weight excluding hydrogens is 460 g/mol. The maximum Gasteiger partial charge on any atom is 0.343 e. The van der Waals surface area contributed by atoms with E-state index in [9.17, 15) is 9.59 Å². The molecule has 0 heterocycles. The molecule has 1 amide bonds. The Balaban J connectivity index is 1.51. The summed E-state index contributed by atoms with van der Waals surface area (Å²) in [5, 5.41) is 3.95. The van der Waals surface area contributed by atoms with Crippen molar-refractivity contribution in [3.8, 4) is 11.5 Å². The predicted octanol–water partition coefficient (Wildman–Crippen LogP) is 4.89. The van der Waals surface area contributed by atoms with Gasteiger partial charge < -0.3 is 9.47 Å². The van der Waals surface area contributed by atoms with Gasteiger partial charge in [0.15, 0.2) is 6.10 Å². The number of amides is 1. The highest BCUT2D eigenvalue weighted by molar-refractivity contribution is 9.10. The normalized spacial score (nSPS) is 11.7. The van der Waals surface area contributed by atoms with Crippen LogP contribution in [0.15, 0.2) is 82.4 Å². The number of halogens is 1. The minimum Gasteiger partial charge on any atom is -0.480 e. The van der Waals surface area contributed by atoms with Crippen LogP contribution in [0.4, 0.5) is 0 Å². The quantitative estimate of drug-likeness (QED) is 0.226. The van der Waals surface area contributed by atoms with E-state index in [4.69, 9.17) is 9.47 Å². The van der Waals surface area contributed by atoms with Gasteiger partial charge in [-0.25, -0.2) is 10.2 Å². The molecule has 0 saturated carbocycles. The summed E-state index contributed by atoms with van der Waals surface area (Å²) in [6, 6.07) is 21.2. The number of esters is 1. The highest BCUT2D eigenvalue weighted by Gasteiger charge is 2.15. The third kappa shape index (κ3) is 6.52. The van der Waals surface area contributed by atoms with Crippen molar-refractivity contribution in [3.63, 3.8) is 0 Å². The first-order chi connectivity index (χ1) is 14.9. The van der Waals surface area contributed by atoms with E-state index >= 15 is 0 Å². The van der Waals surface area contributed by atoms with E-state index in [1.807, 2.05) is 37.3 Å². The number of para-hydroxylation sites is 1. The van der Waals surface area contributed by atoms with Crippen molar-refractivity contribution in [2.24, 2.45) is 5.10 Å². The fourth-order valence-electron chi connectivity index (χ4n) is 2.52. The van der Waals surface area contributed by atoms with Gasteiger partial charge in [0, 0.05) is 0 Å². The lowest BCUT2D eigenvalue weighted by Gasteiger charge is -2.13. The highest BCUT2D eigenvalue weighted by atomic mass is 79.9. The topological polar surface area (TPSA) is 77.0 Å². The van der Waals surface area contributed by atoms with Crippen LogP contribution in [0.1, 0.15) is 28.4 Å². The summed E-state index contributed by atoms with van der Waals surface area (Å²) in [5.41, 5.74) is 4.73. The molecule has 0 fully saturated rings. The molecule has 0 aliphatic rings. The maximum atomic E-state index is 12.2. The van der Waals surface area contributed by atoms with E-state index in [2.05, 4.69) is 26.5 Å². The Bertz CT molecular complexity index is 1080. The molecule has 0 saturated heterocycles. The third-order valence-electron chi connectivity index (χ3n) is 4.28. The Kier molecular flexibility index (Phi) is 7.56. The number of nitrogens with zero attached hydrogens (tertiary/aromatic N) is 1. The molecule has 31 heavy (non-hydrogen) atoms. The van der Waals surface area contributed by atoms with Crippen molar-refractivity contribution in [1.29, 1.82) is 0 Å². The van der Waals surface area contributed by atoms with E-state index in [0.29, 0.717) is 17.1 Å². The minimum atomic E-state index is -0.723. The number of ether oxygens (including phenoxy) is 2. The zero-order chi connectivity index (χ0) is 22.2. The summed E-state index contributed by atoms with van der Waals surface area (Å²) in [4.78, 5) is 24.3. The SMILES string of the molecule is Cc1ccc(C(=O)Oc2ccc(/C=N\NC(=O)[C@H](C)Oc3ccccc3Br)cc2)cc1. The fraction of sp³-hybridized carbons (Fsp3) is 0.125. The number of benzene rings is 3. The number of hydrazone groups is 1.